The molecule has 3 amide bonds. The van der Waals surface area contributed by atoms with Gasteiger partial charge >= 0.3 is 0 Å². The summed E-state index contributed by atoms with van der Waals surface area (Å²) in [6, 6.07) is 0. The zero-order chi connectivity index (χ0) is 16.4. The van der Waals surface area contributed by atoms with Crippen LogP contribution in [0.4, 0.5) is 0 Å². The monoisotopic (exact) mass is 323 g/mol. The number of hydrogen-bond donors (Lipinski definition) is 1. The first-order valence-corrected chi connectivity index (χ1v) is 8.46. The molecule has 3 rings (SSSR count). The molecule has 23 heavy (non-hydrogen) atoms. The van der Waals surface area contributed by atoms with Crippen LogP contribution in [0.3, 0.4) is 0 Å². The van der Waals surface area contributed by atoms with E-state index >= 15 is 0 Å². The van der Waals surface area contributed by atoms with E-state index in [0.717, 1.165) is 12.8 Å². The Bertz CT molecular complexity index is 496. The van der Waals surface area contributed by atoms with Crippen molar-refractivity contribution in [3.63, 3.8) is 0 Å². The van der Waals surface area contributed by atoms with E-state index < -0.39 is 5.60 Å². The van der Waals surface area contributed by atoms with Crippen LogP contribution in [-0.4, -0.2) is 73.0 Å². The third-order valence-electron chi connectivity index (χ3n) is 5.19. The lowest BCUT2D eigenvalue weighted by Crippen LogP contribution is -2.57. The largest absolute Gasteiger partial charge is 0.368 e. The Labute approximate surface area is 136 Å². The van der Waals surface area contributed by atoms with Gasteiger partial charge in [0.25, 0.3) is 5.91 Å². The lowest BCUT2D eigenvalue weighted by molar-refractivity contribution is -0.163. The Balaban J connectivity index is 1.63. The number of nitrogens with one attached hydrogen (secondary N) is 1. The zero-order valence-corrected chi connectivity index (χ0v) is 13.7. The van der Waals surface area contributed by atoms with Crippen molar-refractivity contribution in [2.24, 2.45) is 5.92 Å². The highest BCUT2D eigenvalue weighted by atomic mass is 16.5. The molecule has 1 aliphatic carbocycles. The van der Waals surface area contributed by atoms with Crippen LogP contribution in [0.1, 0.15) is 32.1 Å². The van der Waals surface area contributed by atoms with Gasteiger partial charge in [0.2, 0.25) is 11.8 Å². The molecular weight excluding hydrogens is 298 g/mol. The summed E-state index contributed by atoms with van der Waals surface area (Å²) < 4.78 is 5.63. The zero-order valence-electron chi connectivity index (χ0n) is 13.7. The number of rotatable bonds is 3. The molecular formula is C16H25N3O4. The first-order chi connectivity index (χ1) is 11.1. The Hall–Kier alpha value is -1.63. The number of methoxy groups -OCH3 is 1. The quantitative estimate of drug-likeness (QED) is 0.777. The summed E-state index contributed by atoms with van der Waals surface area (Å²) in [5, 5.41) is 2.78. The molecule has 128 valence electrons. The normalized spacial score (nSPS) is 24.8. The van der Waals surface area contributed by atoms with Gasteiger partial charge in [-0.25, -0.2) is 0 Å². The Kier molecular flexibility index (Phi) is 4.57. The maximum atomic E-state index is 12.9. The number of likely N-dealkylation sites (tertiary alicyclic amines) is 1. The molecule has 2 heterocycles. The molecule has 0 atom stereocenters. The molecule has 2 aliphatic heterocycles. The summed E-state index contributed by atoms with van der Waals surface area (Å²) in [6.07, 6.45) is 3.38. The van der Waals surface area contributed by atoms with Gasteiger partial charge in [-0.2, -0.15) is 0 Å². The topological polar surface area (TPSA) is 79.0 Å². The molecule has 0 aromatic heterocycles. The molecule has 7 nitrogen and oxygen atoms in total. The molecule has 0 spiro atoms. The van der Waals surface area contributed by atoms with Crippen molar-refractivity contribution >= 4 is 17.7 Å². The van der Waals surface area contributed by atoms with E-state index in [1.807, 2.05) is 4.90 Å². The summed E-state index contributed by atoms with van der Waals surface area (Å²) in [7, 11) is 1.57. The number of nitrogens with zero attached hydrogens (tertiary/aromatic N) is 2. The maximum absolute atomic E-state index is 12.9. The molecule has 7 heteroatoms. The van der Waals surface area contributed by atoms with E-state index in [4.69, 9.17) is 4.74 Å². The summed E-state index contributed by atoms with van der Waals surface area (Å²) in [5.74, 6) is 0.377. The second kappa shape index (κ2) is 6.47. The van der Waals surface area contributed by atoms with E-state index in [2.05, 4.69) is 5.32 Å². The second-order valence-electron chi connectivity index (χ2n) is 6.69. The minimum atomic E-state index is -0.853. The van der Waals surface area contributed by atoms with Crippen LogP contribution in [0.25, 0.3) is 0 Å². The predicted molar refractivity (Wildman–Crippen MR) is 82.5 cm³/mol. The minimum absolute atomic E-state index is 0.0170. The Morgan fingerprint density at radius 3 is 2.43 bits per heavy atom. The maximum Gasteiger partial charge on any atom is 0.255 e. The molecule has 0 radical (unpaired) electrons. The van der Waals surface area contributed by atoms with Crippen LogP contribution in [0.5, 0.6) is 0 Å². The smallest absolute Gasteiger partial charge is 0.255 e. The second-order valence-corrected chi connectivity index (χ2v) is 6.69. The number of amides is 3. The summed E-state index contributed by atoms with van der Waals surface area (Å²) in [5.41, 5.74) is -0.853. The molecule has 0 bridgehead atoms. The van der Waals surface area contributed by atoms with Crippen LogP contribution >= 0.6 is 0 Å². The number of ether oxygens (including phenoxy) is 1. The van der Waals surface area contributed by atoms with Gasteiger partial charge in [-0.05, 0) is 12.8 Å². The highest BCUT2D eigenvalue weighted by Crippen LogP contribution is 2.34. The summed E-state index contributed by atoms with van der Waals surface area (Å²) >= 11 is 0. The lowest BCUT2D eigenvalue weighted by Gasteiger charge is -2.42. The van der Waals surface area contributed by atoms with Gasteiger partial charge in [0.15, 0.2) is 0 Å². The molecule has 0 aromatic carbocycles. The molecule has 1 saturated carbocycles. The number of piperidine rings is 1. The molecule has 0 unspecified atom stereocenters. The highest BCUT2D eigenvalue weighted by Gasteiger charge is 2.46. The average Bonchev–Trinajstić information content (AvgIpc) is 3.41. The predicted octanol–water partition coefficient (Wildman–Crippen LogP) is -0.247. The molecule has 1 N–H and O–H groups in total. The fraction of sp³-hybridized carbons (Fsp3) is 0.812. The first kappa shape index (κ1) is 16.2. The van der Waals surface area contributed by atoms with Crippen molar-refractivity contribution in [2.75, 3.05) is 39.8 Å². The standard InChI is InChI=1S/C16H25N3O4/c1-23-16(15(22)19-8-4-13(20)17-7-11-19)5-9-18(10-6-16)14(21)12-2-3-12/h12H,2-11H2,1H3,(H,17,20). The molecule has 2 saturated heterocycles. The lowest BCUT2D eigenvalue weighted by atomic mass is 9.89. The SMILES string of the molecule is COC1(C(=O)N2CCNC(=O)CC2)CCN(C(=O)C2CC2)CC1. The van der Waals surface area contributed by atoms with Crippen molar-refractivity contribution in [1.82, 2.24) is 15.1 Å². The van der Waals surface area contributed by atoms with Crippen LogP contribution in [-0.2, 0) is 19.1 Å². The van der Waals surface area contributed by atoms with Crippen molar-refractivity contribution in [2.45, 2.75) is 37.7 Å². The van der Waals surface area contributed by atoms with E-state index in [1.165, 1.54) is 0 Å². The van der Waals surface area contributed by atoms with Crippen molar-refractivity contribution < 1.29 is 19.1 Å². The van der Waals surface area contributed by atoms with Crippen molar-refractivity contribution in [1.29, 1.82) is 0 Å². The molecule has 3 fully saturated rings. The van der Waals surface area contributed by atoms with Gasteiger partial charge in [0.1, 0.15) is 5.60 Å². The fourth-order valence-electron chi connectivity index (χ4n) is 3.44. The molecule has 0 aromatic rings. The van der Waals surface area contributed by atoms with Gasteiger partial charge in [-0.3, -0.25) is 14.4 Å². The van der Waals surface area contributed by atoms with Crippen molar-refractivity contribution in [3.8, 4) is 0 Å². The van der Waals surface area contributed by atoms with E-state index in [-0.39, 0.29) is 23.6 Å². The third-order valence-corrected chi connectivity index (χ3v) is 5.19. The third kappa shape index (κ3) is 3.34. The Morgan fingerprint density at radius 2 is 1.83 bits per heavy atom. The van der Waals surface area contributed by atoms with Gasteiger partial charge < -0.3 is 19.9 Å². The van der Waals surface area contributed by atoms with Gasteiger partial charge in [0.05, 0.1) is 0 Å². The van der Waals surface area contributed by atoms with Crippen LogP contribution in [0.2, 0.25) is 0 Å². The number of carbonyl (C=O) groups is 3. The van der Waals surface area contributed by atoms with E-state index in [9.17, 15) is 14.4 Å². The van der Waals surface area contributed by atoms with Crippen LogP contribution in [0, 0.1) is 5.92 Å². The average molecular weight is 323 g/mol. The minimum Gasteiger partial charge on any atom is -0.368 e. The number of carbonyl (C=O) groups excluding carboxylic acids is 3. The van der Waals surface area contributed by atoms with Gasteiger partial charge in [-0.15, -0.1) is 0 Å². The van der Waals surface area contributed by atoms with E-state index in [0.29, 0.717) is 52.0 Å². The van der Waals surface area contributed by atoms with Gasteiger partial charge in [-0.1, -0.05) is 0 Å². The van der Waals surface area contributed by atoms with Gasteiger partial charge in [0, 0.05) is 65.0 Å². The highest BCUT2D eigenvalue weighted by molar-refractivity contribution is 5.87. The van der Waals surface area contributed by atoms with Crippen molar-refractivity contribution in [3.05, 3.63) is 0 Å². The van der Waals surface area contributed by atoms with E-state index in [1.54, 1.807) is 12.0 Å². The summed E-state index contributed by atoms with van der Waals surface area (Å²) in [6.45, 7) is 2.57. The van der Waals surface area contributed by atoms with Crippen LogP contribution in [0.15, 0.2) is 0 Å². The van der Waals surface area contributed by atoms with Crippen LogP contribution < -0.4 is 5.32 Å². The molecule has 3 aliphatic rings. The number of hydrogen-bond acceptors (Lipinski definition) is 4. The first-order valence-electron chi connectivity index (χ1n) is 8.46. The summed E-state index contributed by atoms with van der Waals surface area (Å²) in [4.78, 5) is 40.1. The fourth-order valence-corrected chi connectivity index (χ4v) is 3.44. The Morgan fingerprint density at radius 1 is 1.13 bits per heavy atom.